The van der Waals surface area contributed by atoms with E-state index in [2.05, 4.69) is 13.8 Å². The lowest BCUT2D eigenvalue weighted by Crippen LogP contribution is -2.13. The topological polar surface area (TPSA) is 38.7 Å². The van der Waals surface area contributed by atoms with Crippen molar-refractivity contribution in [1.82, 2.24) is 0 Å². The first-order valence-corrected chi connectivity index (χ1v) is 5.54. The molecule has 0 aliphatic carbocycles. The van der Waals surface area contributed by atoms with Crippen molar-refractivity contribution >= 4 is 0 Å². The van der Waals surface area contributed by atoms with Gasteiger partial charge in [0.15, 0.2) is 0 Å². The van der Waals surface area contributed by atoms with E-state index in [0.29, 0.717) is 12.5 Å². The van der Waals surface area contributed by atoms with Gasteiger partial charge in [-0.1, -0.05) is 32.0 Å². The predicted molar refractivity (Wildman–Crippen MR) is 63.6 cm³/mol. The van der Waals surface area contributed by atoms with E-state index < -0.39 is 0 Å². The van der Waals surface area contributed by atoms with Gasteiger partial charge >= 0.3 is 0 Å². The van der Waals surface area contributed by atoms with E-state index in [1.54, 1.807) is 7.11 Å². The largest absolute Gasteiger partial charge is 0.496 e. The highest BCUT2D eigenvalue weighted by Crippen LogP contribution is 2.27. The number of ether oxygens (including phenoxy) is 2. The van der Waals surface area contributed by atoms with Crippen LogP contribution in [0.3, 0.4) is 0 Å². The maximum Gasteiger partial charge on any atom is 0.124 e. The van der Waals surface area contributed by atoms with E-state index in [-0.39, 0.29) is 12.7 Å². The molecule has 90 valence electrons. The second-order valence-electron chi connectivity index (χ2n) is 4.14. The van der Waals surface area contributed by atoms with Crippen LogP contribution in [0.4, 0.5) is 0 Å². The van der Waals surface area contributed by atoms with Crippen molar-refractivity contribution in [3.63, 3.8) is 0 Å². The summed E-state index contributed by atoms with van der Waals surface area (Å²) in [6.45, 7) is 4.75. The Bertz CT molecular complexity index is 310. The number of aliphatic hydroxyl groups excluding tert-OH is 1. The van der Waals surface area contributed by atoms with E-state index in [0.717, 1.165) is 11.3 Å². The smallest absolute Gasteiger partial charge is 0.124 e. The van der Waals surface area contributed by atoms with Crippen LogP contribution >= 0.6 is 0 Å². The lowest BCUT2D eigenvalue weighted by molar-refractivity contribution is -0.00232. The number of hydrogen-bond acceptors (Lipinski definition) is 3. The Hall–Kier alpha value is -1.06. The monoisotopic (exact) mass is 224 g/mol. The van der Waals surface area contributed by atoms with E-state index in [1.807, 2.05) is 24.3 Å². The minimum Gasteiger partial charge on any atom is -0.496 e. The molecule has 0 spiro atoms. The quantitative estimate of drug-likeness (QED) is 0.806. The van der Waals surface area contributed by atoms with Crippen LogP contribution in [0.1, 0.15) is 25.5 Å². The molecular formula is C13H20O3. The molecule has 3 nitrogen and oxygen atoms in total. The molecule has 1 aromatic carbocycles. The Labute approximate surface area is 97.0 Å². The maximum atomic E-state index is 9.33. The fourth-order valence-corrected chi connectivity index (χ4v) is 1.48. The molecule has 0 radical (unpaired) electrons. The zero-order valence-corrected chi connectivity index (χ0v) is 10.1. The molecule has 0 heterocycles. The molecule has 0 fully saturated rings. The van der Waals surface area contributed by atoms with E-state index in [9.17, 15) is 5.11 Å². The minimum absolute atomic E-state index is 0.0346. The average Bonchev–Trinajstić information content (AvgIpc) is 2.30. The Balaban J connectivity index is 2.77. The lowest BCUT2D eigenvalue weighted by Gasteiger charge is -2.19. The Morgan fingerprint density at radius 1 is 1.25 bits per heavy atom. The fraction of sp³-hybridized carbons (Fsp3) is 0.538. The summed E-state index contributed by atoms with van der Waals surface area (Å²) in [5.74, 6) is 1.20. The average molecular weight is 224 g/mol. The van der Waals surface area contributed by atoms with Crippen molar-refractivity contribution in [2.75, 3.05) is 20.3 Å². The maximum absolute atomic E-state index is 9.33. The van der Waals surface area contributed by atoms with Crippen LogP contribution in [-0.4, -0.2) is 25.4 Å². The predicted octanol–water partition coefficient (Wildman–Crippen LogP) is 2.40. The zero-order valence-electron chi connectivity index (χ0n) is 10.1. The van der Waals surface area contributed by atoms with Gasteiger partial charge in [-0.15, -0.1) is 0 Å². The van der Waals surface area contributed by atoms with Gasteiger partial charge in [-0.05, 0) is 12.0 Å². The SMILES string of the molecule is COc1ccccc1C(CO)OCC(C)C. The molecule has 1 N–H and O–H groups in total. The Morgan fingerprint density at radius 2 is 1.94 bits per heavy atom. The molecular weight excluding hydrogens is 204 g/mol. The number of aliphatic hydroxyl groups is 1. The molecule has 1 aromatic rings. The van der Waals surface area contributed by atoms with Gasteiger partial charge in [-0.25, -0.2) is 0 Å². The Kier molecular flexibility index (Phi) is 5.29. The highest BCUT2D eigenvalue weighted by molar-refractivity contribution is 5.35. The van der Waals surface area contributed by atoms with Crippen LogP contribution < -0.4 is 4.74 Å². The molecule has 0 bridgehead atoms. The van der Waals surface area contributed by atoms with Crippen molar-refractivity contribution in [2.24, 2.45) is 5.92 Å². The van der Waals surface area contributed by atoms with Crippen LogP contribution in [0, 0.1) is 5.92 Å². The first kappa shape index (κ1) is 13.0. The van der Waals surface area contributed by atoms with Crippen LogP contribution in [-0.2, 0) is 4.74 Å². The van der Waals surface area contributed by atoms with Crippen LogP contribution in [0.2, 0.25) is 0 Å². The number of methoxy groups -OCH3 is 1. The second kappa shape index (κ2) is 6.51. The van der Waals surface area contributed by atoms with E-state index in [1.165, 1.54) is 0 Å². The number of para-hydroxylation sites is 1. The summed E-state index contributed by atoms with van der Waals surface area (Å²) in [6.07, 6.45) is -0.307. The molecule has 0 saturated carbocycles. The van der Waals surface area contributed by atoms with Crippen LogP contribution in [0.5, 0.6) is 5.75 Å². The van der Waals surface area contributed by atoms with E-state index in [4.69, 9.17) is 9.47 Å². The lowest BCUT2D eigenvalue weighted by atomic mass is 10.1. The molecule has 1 rings (SSSR count). The summed E-state index contributed by atoms with van der Waals surface area (Å²) in [4.78, 5) is 0. The molecule has 0 saturated heterocycles. The molecule has 0 aromatic heterocycles. The third kappa shape index (κ3) is 3.51. The normalized spacial score (nSPS) is 12.8. The molecule has 0 aliphatic heterocycles. The summed E-state index contributed by atoms with van der Waals surface area (Å²) in [6, 6.07) is 7.61. The van der Waals surface area contributed by atoms with Crippen molar-refractivity contribution in [3.05, 3.63) is 29.8 Å². The highest BCUT2D eigenvalue weighted by Gasteiger charge is 2.15. The molecule has 3 heteroatoms. The van der Waals surface area contributed by atoms with Crippen LogP contribution in [0.15, 0.2) is 24.3 Å². The van der Waals surface area contributed by atoms with Crippen molar-refractivity contribution in [3.8, 4) is 5.75 Å². The van der Waals surface area contributed by atoms with Crippen molar-refractivity contribution in [2.45, 2.75) is 20.0 Å². The van der Waals surface area contributed by atoms with Crippen LogP contribution in [0.25, 0.3) is 0 Å². The van der Waals surface area contributed by atoms with Gasteiger partial charge < -0.3 is 14.6 Å². The Morgan fingerprint density at radius 3 is 2.50 bits per heavy atom. The summed E-state index contributed by atoms with van der Waals surface area (Å²) in [7, 11) is 1.62. The third-order valence-corrected chi connectivity index (χ3v) is 2.28. The van der Waals surface area contributed by atoms with Gasteiger partial charge in [-0.2, -0.15) is 0 Å². The van der Waals surface area contributed by atoms with Crippen molar-refractivity contribution < 1.29 is 14.6 Å². The molecule has 16 heavy (non-hydrogen) atoms. The summed E-state index contributed by atoms with van der Waals surface area (Å²) in [5.41, 5.74) is 0.896. The molecule has 0 amide bonds. The van der Waals surface area contributed by atoms with Gasteiger partial charge in [-0.3, -0.25) is 0 Å². The number of rotatable bonds is 6. The van der Waals surface area contributed by atoms with Gasteiger partial charge in [0.05, 0.1) is 13.7 Å². The number of hydrogen-bond donors (Lipinski definition) is 1. The highest BCUT2D eigenvalue weighted by atomic mass is 16.5. The number of benzene rings is 1. The first-order chi connectivity index (χ1) is 7.69. The van der Waals surface area contributed by atoms with Crippen molar-refractivity contribution in [1.29, 1.82) is 0 Å². The summed E-state index contributed by atoms with van der Waals surface area (Å²) < 4.78 is 10.9. The van der Waals surface area contributed by atoms with E-state index >= 15 is 0 Å². The fourth-order valence-electron chi connectivity index (χ4n) is 1.48. The second-order valence-corrected chi connectivity index (χ2v) is 4.14. The summed E-state index contributed by atoms with van der Waals surface area (Å²) >= 11 is 0. The van der Waals surface area contributed by atoms with Gasteiger partial charge in [0, 0.05) is 12.2 Å². The minimum atomic E-state index is -0.307. The van der Waals surface area contributed by atoms with Gasteiger partial charge in [0.25, 0.3) is 0 Å². The molecule has 1 atom stereocenters. The van der Waals surface area contributed by atoms with Gasteiger partial charge in [0.2, 0.25) is 0 Å². The first-order valence-electron chi connectivity index (χ1n) is 5.54. The standard InChI is InChI=1S/C13H20O3/c1-10(2)9-16-13(8-14)11-6-4-5-7-12(11)15-3/h4-7,10,13-14H,8-9H2,1-3H3. The molecule has 0 aliphatic rings. The third-order valence-electron chi connectivity index (χ3n) is 2.28. The molecule has 1 unspecified atom stereocenters. The van der Waals surface area contributed by atoms with Gasteiger partial charge in [0.1, 0.15) is 11.9 Å². The summed E-state index contributed by atoms with van der Waals surface area (Å²) in [5, 5.41) is 9.33. The zero-order chi connectivity index (χ0) is 12.0.